The van der Waals surface area contributed by atoms with Crippen molar-refractivity contribution in [2.45, 2.75) is 25.3 Å². The molecule has 13 heavy (non-hydrogen) atoms. The quantitative estimate of drug-likeness (QED) is 0.708. The van der Waals surface area contributed by atoms with Crippen LogP contribution in [0, 0.1) is 12.3 Å². The summed E-state index contributed by atoms with van der Waals surface area (Å²) >= 11 is 1.87. The van der Waals surface area contributed by atoms with Gasteiger partial charge in [-0.25, -0.2) is 0 Å². The van der Waals surface area contributed by atoms with Crippen molar-refractivity contribution in [3.8, 4) is 12.3 Å². The van der Waals surface area contributed by atoms with Crippen molar-refractivity contribution in [3.05, 3.63) is 21.9 Å². The molecule has 0 aliphatic heterocycles. The number of fused-ring (bicyclic) bond motifs is 1. The van der Waals surface area contributed by atoms with Crippen LogP contribution in [0.25, 0.3) is 0 Å². The minimum absolute atomic E-state index is 0.506. The van der Waals surface area contributed by atoms with Crippen LogP contribution in [0.1, 0.15) is 29.3 Å². The zero-order valence-electron chi connectivity index (χ0n) is 7.55. The molecule has 0 fully saturated rings. The van der Waals surface area contributed by atoms with Crippen molar-refractivity contribution >= 4 is 11.3 Å². The second-order valence-electron chi connectivity index (χ2n) is 3.33. The van der Waals surface area contributed by atoms with Gasteiger partial charge in [-0.1, -0.05) is 5.92 Å². The minimum atomic E-state index is 0.506. The van der Waals surface area contributed by atoms with Gasteiger partial charge in [0.15, 0.2) is 0 Å². The third-order valence-corrected chi connectivity index (χ3v) is 3.50. The summed E-state index contributed by atoms with van der Waals surface area (Å²) in [7, 11) is 0. The molecule has 1 heterocycles. The molecule has 1 aromatic heterocycles. The van der Waals surface area contributed by atoms with E-state index >= 15 is 0 Å². The van der Waals surface area contributed by atoms with E-state index in [-0.39, 0.29) is 0 Å². The Morgan fingerprint density at radius 2 is 2.62 bits per heavy atom. The largest absolute Gasteiger partial charge is 0.299 e. The van der Waals surface area contributed by atoms with Gasteiger partial charge in [-0.2, -0.15) is 0 Å². The summed E-state index contributed by atoms with van der Waals surface area (Å²) in [6, 6.07) is 2.74. The van der Waals surface area contributed by atoms with Crippen molar-refractivity contribution in [2.24, 2.45) is 0 Å². The summed E-state index contributed by atoms with van der Waals surface area (Å²) in [5.74, 6) is 2.63. The van der Waals surface area contributed by atoms with Gasteiger partial charge < -0.3 is 0 Å². The van der Waals surface area contributed by atoms with E-state index in [9.17, 15) is 0 Å². The van der Waals surface area contributed by atoms with Crippen LogP contribution in [0.2, 0.25) is 0 Å². The Hall–Kier alpha value is -0.780. The van der Waals surface area contributed by atoms with Gasteiger partial charge in [-0.05, 0) is 36.3 Å². The van der Waals surface area contributed by atoms with Crippen LogP contribution in [-0.2, 0) is 6.42 Å². The van der Waals surface area contributed by atoms with Crippen LogP contribution in [0.3, 0.4) is 0 Å². The van der Waals surface area contributed by atoms with E-state index < -0.39 is 0 Å². The molecule has 1 unspecified atom stereocenters. The third-order valence-electron chi connectivity index (χ3n) is 2.50. The highest BCUT2D eigenvalue weighted by atomic mass is 32.1. The van der Waals surface area contributed by atoms with Crippen LogP contribution in [-0.4, -0.2) is 6.54 Å². The third kappa shape index (κ3) is 1.77. The number of terminal acetylenes is 1. The maximum atomic E-state index is 5.23. The molecular formula is C11H13NS. The smallest absolute Gasteiger partial charge is 0.0578 e. The van der Waals surface area contributed by atoms with E-state index in [2.05, 4.69) is 22.7 Å². The van der Waals surface area contributed by atoms with Gasteiger partial charge in [0.2, 0.25) is 0 Å². The lowest BCUT2D eigenvalue weighted by molar-refractivity contribution is 0.488. The number of hydrogen-bond donors (Lipinski definition) is 1. The number of aryl methyl sites for hydroxylation is 1. The molecule has 0 bridgehead atoms. The number of hydrogen-bond acceptors (Lipinski definition) is 2. The van der Waals surface area contributed by atoms with Crippen molar-refractivity contribution < 1.29 is 0 Å². The molecule has 0 saturated carbocycles. The zero-order valence-corrected chi connectivity index (χ0v) is 8.36. The van der Waals surface area contributed by atoms with Gasteiger partial charge in [0.05, 0.1) is 6.54 Å². The van der Waals surface area contributed by atoms with Crippen LogP contribution in [0.5, 0.6) is 0 Å². The van der Waals surface area contributed by atoms with Crippen LogP contribution in [0.4, 0.5) is 0 Å². The maximum Gasteiger partial charge on any atom is 0.0578 e. The number of thiophene rings is 1. The molecule has 1 N–H and O–H groups in total. The maximum absolute atomic E-state index is 5.23. The van der Waals surface area contributed by atoms with E-state index in [0.29, 0.717) is 12.6 Å². The van der Waals surface area contributed by atoms with Crippen molar-refractivity contribution in [3.63, 3.8) is 0 Å². The molecule has 1 aromatic rings. The Labute approximate surface area is 83.2 Å². The minimum Gasteiger partial charge on any atom is -0.299 e. The van der Waals surface area contributed by atoms with E-state index in [1.807, 2.05) is 11.3 Å². The molecule has 0 amide bonds. The molecule has 1 aliphatic rings. The molecule has 0 aromatic carbocycles. The SMILES string of the molecule is C#CCNC1CCCc2sccc21. The van der Waals surface area contributed by atoms with Crippen LogP contribution >= 0.6 is 11.3 Å². The summed E-state index contributed by atoms with van der Waals surface area (Å²) in [6.45, 7) is 0.681. The van der Waals surface area contributed by atoms with Gasteiger partial charge in [0.25, 0.3) is 0 Å². The van der Waals surface area contributed by atoms with Crippen molar-refractivity contribution in [1.29, 1.82) is 0 Å². The van der Waals surface area contributed by atoms with Crippen LogP contribution in [0.15, 0.2) is 11.4 Å². The van der Waals surface area contributed by atoms with Gasteiger partial charge in [-0.15, -0.1) is 17.8 Å². The van der Waals surface area contributed by atoms with E-state index in [1.165, 1.54) is 24.8 Å². The van der Waals surface area contributed by atoms with Gasteiger partial charge in [-0.3, -0.25) is 5.32 Å². The first-order valence-electron chi connectivity index (χ1n) is 4.65. The molecule has 0 radical (unpaired) electrons. The summed E-state index contributed by atoms with van der Waals surface area (Å²) in [5, 5.41) is 5.57. The van der Waals surface area contributed by atoms with Crippen molar-refractivity contribution in [2.75, 3.05) is 6.54 Å². The predicted molar refractivity (Wildman–Crippen MR) is 56.8 cm³/mol. The fraction of sp³-hybridized carbons (Fsp3) is 0.455. The highest BCUT2D eigenvalue weighted by molar-refractivity contribution is 7.10. The Kier molecular flexibility index (Phi) is 2.68. The second-order valence-corrected chi connectivity index (χ2v) is 4.33. The lowest BCUT2D eigenvalue weighted by atomic mass is 9.94. The first-order chi connectivity index (χ1) is 6.42. The molecule has 1 atom stereocenters. The Morgan fingerprint density at radius 1 is 1.69 bits per heavy atom. The van der Waals surface area contributed by atoms with Gasteiger partial charge >= 0.3 is 0 Å². The monoisotopic (exact) mass is 191 g/mol. The standard InChI is InChI=1S/C11H13NS/c1-2-7-12-10-4-3-5-11-9(10)6-8-13-11/h1,6,8,10,12H,3-5,7H2. The summed E-state index contributed by atoms with van der Waals surface area (Å²) < 4.78 is 0. The van der Waals surface area contributed by atoms with Gasteiger partial charge in [0.1, 0.15) is 0 Å². The molecule has 2 heteroatoms. The topological polar surface area (TPSA) is 12.0 Å². The fourth-order valence-electron chi connectivity index (χ4n) is 1.88. The summed E-state index contributed by atoms with van der Waals surface area (Å²) in [6.07, 6.45) is 9.00. The fourth-order valence-corrected chi connectivity index (χ4v) is 2.87. The lowest BCUT2D eigenvalue weighted by Gasteiger charge is -2.22. The highest BCUT2D eigenvalue weighted by Gasteiger charge is 2.19. The van der Waals surface area contributed by atoms with E-state index in [0.717, 1.165) is 0 Å². The first kappa shape index (κ1) is 8.80. The predicted octanol–water partition coefficient (Wildman–Crippen LogP) is 2.35. The highest BCUT2D eigenvalue weighted by Crippen LogP contribution is 2.32. The zero-order chi connectivity index (χ0) is 9.10. The normalized spacial score (nSPS) is 20.7. The first-order valence-corrected chi connectivity index (χ1v) is 5.53. The molecular weight excluding hydrogens is 178 g/mol. The summed E-state index contributed by atoms with van der Waals surface area (Å²) in [5.41, 5.74) is 1.48. The van der Waals surface area contributed by atoms with Crippen molar-refractivity contribution in [1.82, 2.24) is 5.32 Å². The number of rotatable bonds is 2. The van der Waals surface area contributed by atoms with Gasteiger partial charge in [0, 0.05) is 10.9 Å². The Morgan fingerprint density at radius 3 is 3.46 bits per heavy atom. The number of nitrogens with one attached hydrogen (secondary N) is 1. The Balaban J connectivity index is 2.12. The molecule has 1 nitrogen and oxygen atoms in total. The molecule has 68 valence electrons. The average molecular weight is 191 g/mol. The Bertz CT molecular complexity index is 321. The molecule has 0 saturated heterocycles. The second kappa shape index (κ2) is 3.95. The molecule has 2 rings (SSSR count). The molecule has 0 spiro atoms. The van der Waals surface area contributed by atoms with E-state index in [1.54, 1.807) is 4.88 Å². The van der Waals surface area contributed by atoms with Crippen LogP contribution < -0.4 is 5.32 Å². The average Bonchev–Trinajstić information content (AvgIpc) is 2.62. The molecule has 1 aliphatic carbocycles. The lowest BCUT2D eigenvalue weighted by Crippen LogP contribution is -2.24. The summed E-state index contributed by atoms with van der Waals surface area (Å²) in [4.78, 5) is 1.54. The van der Waals surface area contributed by atoms with E-state index in [4.69, 9.17) is 6.42 Å².